The molecule has 0 spiro atoms. The van der Waals surface area contributed by atoms with Crippen molar-refractivity contribution >= 4 is 29.2 Å². The third-order valence-corrected chi connectivity index (χ3v) is 2.84. The molecule has 0 radical (unpaired) electrons. The molecule has 0 aliphatic carbocycles. The van der Waals surface area contributed by atoms with Crippen LogP contribution in [-0.2, 0) is 4.79 Å². The average molecular weight is 260 g/mol. The van der Waals surface area contributed by atoms with Gasteiger partial charge < -0.3 is 10.1 Å². The fourth-order valence-electron chi connectivity index (χ4n) is 1.66. The summed E-state index contributed by atoms with van der Waals surface area (Å²) >= 11 is 11.6. The van der Waals surface area contributed by atoms with E-state index in [2.05, 4.69) is 5.32 Å². The highest BCUT2D eigenvalue weighted by Crippen LogP contribution is 2.24. The topological polar surface area (TPSA) is 38.3 Å². The number of rotatable bonds is 2. The van der Waals surface area contributed by atoms with E-state index in [1.54, 1.807) is 18.2 Å². The van der Waals surface area contributed by atoms with Gasteiger partial charge in [-0.3, -0.25) is 0 Å². The van der Waals surface area contributed by atoms with Gasteiger partial charge in [0.1, 0.15) is 11.8 Å². The van der Waals surface area contributed by atoms with E-state index < -0.39 is 0 Å². The molecular weight excluding hydrogens is 249 g/mol. The number of carbonyl (C=O) groups is 1. The van der Waals surface area contributed by atoms with E-state index in [0.717, 1.165) is 19.4 Å². The first kappa shape index (κ1) is 11.7. The number of esters is 1. The Morgan fingerprint density at radius 1 is 1.31 bits per heavy atom. The number of benzene rings is 1. The maximum atomic E-state index is 11.7. The monoisotopic (exact) mass is 259 g/mol. The van der Waals surface area contributed by atoms with Gasteiger partial charge in [-0.05, 0) is 37.6 Å². The molecule has 16 heavy (non-hydrogen) atoms. The van der Waals surface area contributed by atoms with Gasteiger partial charge in [-0.2, -0.15) is 0 Å². The first-order chi connectivity index (χ1) is 7.65. The molecule has 1 aromatic carbocycles. The minimum absolute atomic E-state index is 0.210. The largest absolute Gasteiger partial charge is 0.425 e. The van der Waals surface area contributed by atoms with E-state index in [4.69, 9.17) is 27.9 Å². The molecule has 1 fully saturated rings. The summed E-state index contributed by atoms with van der Waals surface area (Å²) in [4.78, 5) is 11.7. The lowest BCUT2D eigenvalue weighted by Gasteiger charge is -2.10. The third-order valence-electron chi connectivity index (χ3n) is 2.40. The van der Waals surface area contributed by atoms with Crippen molar-refractivity contribution in [1.82, 2.24) is 5.32 Å². The van der Waals surface area contributed by atoms with E-state index in [-0.39, 0.29) is 12.0 Å². The van der Waals surface area contributed by atoms with Crippen LogP contribution in [0, 0.1) is 0 Å². The van der Waals surface area contributed by atoms with Crippen LogP contribution < -0.4 is 10.1 Å². The number of ether oxygens (including phenoxy) is 1. The van der Waals surface area contributed by atoms with Crippen molar-refractivity contribution in [1.29, 1.82) is 0 Å². The molecule has 0 bridgehead atoms. The summed E-state index contributed by atoms with van der Waals surface area (Å²) in [5.41, 5.74) is 0. The van der Waals surface area contributed by atoms with Crippen LogP contribution in [0.4, 0.5) is 0 Å². The normalized spacial score (nSPS) is 19.8. The lowest BCUT2D eigenvalue weighted by Crippen LogP contribution is -2.34. The Kier molecular flexibility index (Phi) is 3.69. The molecule has 1 aliphatic rings. The number of hydrogen-bond acceptors (Lipinski definition) is 3. The van der Waals surface area contributed by atoms with E-state index in [1.165, 1.54) is 0 Å². The molecule has 0 saturated carbocycles. The van der Waals surface area contributed by atoms with Gasteiger partial charge in [-0.1, -0.05) is 23.2 Å². The van der Waals surface area contributed by atoms with Crippen molar-refractivity contribution in [3.05, 3.63) is 28.2 Å². The van der Waals surface area contributed by atoms with Crippen molar-refractivity contribution in [3.63, 3.8) is 0 Å². The van der Waals surface area contributed by atoms with Crippen molar-refractivity contribution in [2.75, 3.05) is 6.54 Å². The third kappa shape index (κ3) is 2.88. The molecule has 1 aliphatic heterocycles. The number of hydrogen-bond donors (Lipinski definition) is 1. The Hall–Kier alpha value is -0.770. The van der Waals surface area contributed by atoms with E-state index in [9.17, 15) is 4.79 Å². The maximum absolute atomic E-state index is 11.7. The first-order valence-corrected chi connectivity index (χ1v) is 5.82. The molecular formula is C11H11Cl2NO2. The summed E-state index contributed by atoms with van der Waals surface area (Å²) in [7, 11) is 0. The summed E-state index contributed by atoms with van der Waals surface area (Å²) < 4.78 is 5.19. The fraction of sp³-hybridized carbons (Fsp3) is 0.364. The van der Waals surface area contributed by atoms with Gasteiger partial charge in [0.25, 0.3) is 0 Å². The van der Waals surface area contributed by atoms with Crippen molar-refractivity contribution in [2.24, 2.45) is 0 Å². The van der Waals surface area contributed by atoms with E-state index in [1.807, 2.05) is 0 Å². The lowest BCUT2D eigenvalue weighted by molar-refractivity contribution is -0.136. The van der Waals surface area contributed by atoms with Crippen LogP contribution in [0.15, 0.2) is 18.2 Å². The second-order valence-corrected chi connectivity index (χ2v) is 4.55. The highest BCUT2D eigenvalue weighted by atomic mass is 35.5. The average Bonchev–Trinajstić information content (AvgIpc) is 2.68. The number of carbonyl (C=O) groups excluding carboxylic acids is 1. The van der Waals surface area contributed by atoms with Gasteiger partial charge in [0, 0.05) is 10.0 Å². The second-order valence-electron chi connectivity index (χ2n) is 3.68. The van der Waals surface area contributed by atoms with Crippen molar-refractivity contribution in [2.45, 2.75) is 18.9 Å². The fourth-order valence-corrected chi connectivity index (χ4v) is 2.17. The summed E-state index contributed by atoms with van der Waals surface area (Å²) in [6.45, 7) is 0.857. The van der Waals surface area contributed by atoms with Crippen molar-refractivity contribution < 1.29 is 9.53 Å². The predicted molar refractivity (Wildman–Crippen MR) is 63.1 cm³/mol. The summed E-state index contributed by atoms with van der Waals surface area (Å²) in [6, 6.07) is 4.52. The zero-order chi connectivity index (χ0) is 11.5. The molecule has 0 aromatic heterocycles. The SMILES string of the molecule is O=C(Oc1cc(Cl)cc(Cl)c1)C1CCCN1. The Labute approximate surface area is 104 Å². The van der Waals surface area contributed by atoms with Crippen LogP contribution >= 0.6 is 23.2 Å². The predicted octanol–water partition coefficient (Wildman–Crippen LogP) is 2.65. The van der Waals surface area contributed by atoms with Gasteiger partial charge in [0.2, 0.25) is 0 Å². The van der Waals surface area contributed by atoms with Crippen LogP contribution in [0.2, 0.25) is 10.0 Å². The molecule has 86 valence electrons. The van der Waals surface area contributed by atoms with Crippen LogP contribution in [0.3, 0.4) is 0 Å². The summed E-state index contributed by atoms with van der Waals surface area (Å²) in [5.74, 6) is 0.104. The summed E-state index contributed by atoms with van der Waals surface area (Å²) in [6.07, 6.45) is 1.81. The molecule has 3 nitrogen and oxygen atoms in total. The van der Waals surface area contributed by atoms with Crippen molar-refractivity contribution in [3.8, 4) is 5.75 Å². The number of nitrogens with one attached hydrogen (secondary N) is 1. The number of halogens is 2. The minimum atomic E-state index is -0.282. The highest BCUT2D eigenvalue weighted by Gasteiger charge is 2.23. The van der Waals surface area contributed by atoms with Gasteiger partial charge >= 0.3 is 5.97 Å². The molecule has 1 unspecified atom stereocenters. The molecule has 1 aromatic rings. The van der Waals surface area contributed by atoms with Crippen LogP contribution in [-0.4, -0.2) is 18.6 Å². The smallest absolute Gasteiger partial charge is 0.328 e. The first-order valence-electron chi connectivity index (χ1n) is 5.06. The lowest BCUT2D eigenvalue weighted by atomic mass is 10.2. The molecule has 1 heterocycles. The Bertz CT molecular complexity index is 383. The van der Waals surface area contributed by atoms with E-state index in [0.29, 0.717) is 15.8 Å². The standard InChI is InChI=1S/C11H11Cl2NO2/c12-7-4-8(13)6-9(5-7)16-11(15)10-2-1-3-14-10/h4-6,10,14H,1-3H2. The summed E-state index contributed by atoms with van der Waals surface area (Å²) in [5, 5.41) is 3.97. The van der Waals surface area contributed by atoms with Gasteiger partial charge in [-0.25, -0.2) is 4.79 Å². The van der Waals surface area contributed by atoms with Crippen LogP contribution in [0.1, 0.15) is 12.8 Å². The molecule has 2 rings (SSSR count). The molecule has 5 heteroatoms. The Balaban J connectivity index is 2.05. The van der Waals surface area contributed by atoms with E-state index >= 15 is 0 Å². The van der Waals surface area contributed by atoms with Gasteiger partial charge in [0.15, 0.2) is 0 Å². The van der Waals surface area contributed by atoms with Crippen LogP contribution in [0.5, 0.6) is 5.75 Å². The highest BCUT2D eigenvalue weighted by molar-refractivity contribution is 6.34. The van der Waals surface area contributed by atoms with Gasteiger partial charge in [-0.15, -0.1) is 0 Å². The molecule has 1 atom stereocenters. The Morgan fingerprint density at radius 2 is 2.00 bits per heavy atom. The van der Waals surface area contributed by atoms with Gasteiger partial charge in [0.05, 0.1) is 0 Å². The second kappa shape index (κ2) is 5.04. The quantitative estimate of drug-likeness (QED) is 0.656. The molecule has 0 amide bonds. The molecule has 1 N–H and O–H groups in total. The Morgan fingerprint density at radius 3 is 2.56 bits per heavy atom. The minimum Gasteiger partial charge on any atom is -0.425 e. The molecule has 1 saturated heterocycles. The zero-order valence-corrected chi connectivity index (χ0v) is 10.0. The zero-order valence-electron chi connectivity index (χ0n) is 8.50. The maximum Gasteiger partial charge on any atom is 0.328 e. The van der Waals surface area contributed by atoms with Crippen LogP contribution in [0.25, 0.3) is 0 Å².